The van der Waals surface area contributed by atoms with Gasteiger partial charge in [0, 0.05) is 18.0 Å². The van der Waals surface area contributed by atoms with Crippen molar-refractivity contribution in [1.82, 2.24) is 4.98 Å². The number of carbonyl (C=O) groups excluding carboxylic acids is 2. The summed E-state index contributed by atoms with van der Waals surface area (Å²) in [6, 6.07) is 3.09. The minimum Gasteiger partial charge on any atom is -0.444 e. The number of ketones is 1. The second kappa shape index (κ2) is 8.80. The van der Waals surface area contributed by atoms with E-state index in [2.05, 4.69) is 14.5 Å². The highest BCUT2D eigenvalue weighted by Gasteiger charge is 2.19. The molecule has 152 valence electrons. The maximum Gasteiger partial charge on any atom is 0.412 e. The van der Waals surface area contributed by atoms with Gasteiger partial charge in [-0.15, -0.1) is 11.3 Å². The van der Waals surface area contributed by atoms with Crippen LogP contribution in [0.1, 0.15) is 42.4 Å². The van der Waals surface area contributed by atoms with E-state index < -0.39 is 21.8 Å². The van der Waals surface area contributed by atoms with E-state index >= 15 is 0 Å². The van der Waals surface area contributed by atoms with Crippen LogP contribution in [0.5, 0.6) is 0 Å². The molecule has 0 spiro atoms. The Balaban J connectivity index is 2.00. The molecule has 0 aliphatic heterocycles. The third-order valence-electron chi connectivity index (χ3n) is 3.28. The molecule has 0 aliphatic rings. The fraction of sp³-hybridized carbons (Fsp3) is 0.389. The van der Waals surface area contributed by atoms with E-state index in [0.717, 1.165) is 6.26 Å². The summed E-state index contributed by atoms with van der Waals surface area (Å²) in [6.07, 6.45) is 1.82. The van der Waals surface area contributed by atoms with Crippen LogP contribution in [-0.2, 0) is 32.1 Å². The molecule has 0 saturated carbocycles. The fourth-order valence-electron chi connectivity index (χ4n) is 2.10. The molecular formula is C18H22N2O6S2. The Bertz CT molecular complexity index is 943. The standard InChI is InChI=1S/C18H22N2O6S2/c1-18(2,3)26-17(22)20-15-11-27-10-13(15)7-16(21)14-6-5-12(8-19-14)9-25-28(4,23)24/h5-6,8,10-11H,7,9H2,1-4H3,(H,20,22). The van der Waals surface area contributed by atoms with Gasteiger partial charge >= 0.3 is 6.09 Å². The molecule has 0 unspecified atom stereocenters. The summed E-state index contributed by atoms with van der Waals surface area (Å²) in [5.74, 6) is -0.235. The number of Topliss-reactive ketones (excluding diaryl/α,β-unsaturated/α-hetero) is 1. The van der Waals surface area contributed by atoms with Gasteiger partial charge in [0.1, 0.15) is 11.3 Å². The van der Waals surface area contributed by atoms with Crippen molar-refractivity contribution in [3.63, 3.8) is 0 Å². The summed E-state index contributed by atoms with van der Waals surface area (Å²) < 4.78 is 31.9. The molecule has 10 heteroatoms. The third kappa shape index (κ3) is 7.37. The predicted octanol–water partition coefficient (Wildman–Crippen LogP) is 3.39. The Hall–Kier alpha value is -2.30. The summed E-state index contributed by atoms with van der Waals surface area (Å²) in [7, 11) is -3.55. The number of amides is 1. The molecule has 0 fully saturated rings. The van der Waals surface area contributed by atoms with E-state index in [1.54, 1.807) is 37.6 Å². The van der Waals surface area contributed by atoms with E-state index in [9.17, 15) is 18.0 Å². The van der Waals surface area contributed by atoms with Gasteiger partial charge in [-0.1, -0.05) is 6.07 Å². The second-order valence-corrected chi connectivity index (χ2v) is 9.44. The topological polar surface area (TPSA) is 112 Å². The minimum atomic E-state index is -3.55. The lowest BCUT2D eigenvalue weighted by molar-refractivity contribution is 0.0635. The first-order valence-corrected chi connectivity index (χ1v) is 11.1. The first-order valence-electron chi connectivity index (χ1n) is 8.30. The highest BCUT2D eigenvalue weighted by molar-refractivity contribution is 7.85. The average molecular weight is 427 g/mol. The molecule has 2 heterocycles. The first kappa shape index (κ1) is 22.0. The summed E-state index contributed by atoms with van der Waals surface area (Å²) in [6.45, 7) is 5.15. The molecule has 0 atom stereocenters. The van der Waals surface area contributed by atoms with Crippen molar-refractivity contribution >= 4 is 39.0 Å². The quantitative estimate of drug-likeness (QED) is 0.533. The Morgan fingerprint density at radius 2 is 1.93 bits per heavy atom. The summed E-state index contributed by atoms with van der Waals surface area (Å²) in [4.78, 5) is 28.5. The molecule has 2 rings (SSSR count). The molecule has 1 N–H and O–H groups in total. The molecule has 0 aliphatic carbocycles. The SMILES string of the molecule is CC(C)(C)OC(=O)Nc1cscc1CC(=O)c1ccc(COS(C)(=O)=O)cn1. The van der Waals surface area contributed by atoms with Crippen LogP contribution in [0.25, 0.3) is 0 Å². The molecule has 8 nitrogen and oxygen atoms in total. The number of nitrogens with zero attached hydrogens (tertiary/aromatic N) is 1. The number of thiophene rings is 1. The molecule has 0 saturated heterocycles. The van der Waals surface area contributed by atoms with Crippen LogP contribution in [0.15, 0.2) is 29.1 Å². The summed E-state index contributed by atoms with van der Waals surface area (Å²) in [5, 5.41) is 6.15. The predicted molar refractivity (Wildman–Crippen MR) is 106 cm³/mol. The average Bonchev–Trinajstić information content (AvgIpc) is 2.97. The van der Waals surface area contributed by atoms with E-state index in [0.29, 0.717) is 16.8 Å². The molecule has 2 aromatic rings. The van der Waals surface area contributed by atoms with Crippen LogP contribution in [-0.4, -0.2) is 37.1 Å². The number of aromatic nitrogens is 1. The van der Waals surface area contributed by atoms with E-state index in [1.165, 1.54) is 23.6 Å². The smallest absolute Gasteiger partial charge is 0.412 e. The van der Waals surface area contributed by atoms with Gasteiger partial charge in [0.15, 0.2) is 5.78 Å². The zero-order chi connectivity index (χ0) is 20.9. The number of anilines is 1. The largest absolute Gasteiger partial charge is 0.444 e. The number of pyridine rings is 1. The molecule has 2 aromatic heterocycles. The van der Waals surface area contributed by atoms with Crippen molar-refractivity contribution in [3.8, 4) is 0 Å². The summed E-state index contributed by atoms with van der Waals surface area (Å²) in [5.41, 5.74) is 1.32. The van der Waals surface area contributed by atoms with Crippen molar-refractivity contribution in [2.75, 3.05) is 11.6 Å². The van der Waals surface area contributed by atoms with Crippen molar-refractivity contribution < 1.29 is 26.9 Å². The number of hydrogen-bond acceptors (Lipinski definition) is 8. The van der Waals surface area contributed by atoms with Crippen LogP contribution in [0.3, 0.4) is 0 Å². The van der Waals surface area contributed by atoms with Crippen LogP contribution < -0.4 is 5.32 Å². The molecule has 0 radical (unpaired) electrons. The second-order valence-electron chi connectivity index (χ2n) is 7.06. The van der Waals surface area contributed by atoms with Crippen LogP contribution >= 0.6 is 11.3 Å². The lowest BCUT2D eigenvalue weighted by atomic mass is 10.1. The molecule has 28 heavy (non-hydrogen) atoms. The summed E-state index contributed by atoms with van der Waals surface area (Å²) >= 11 is 1.36. The number of hydrogen-bond donors (Lipinski definition) is 1. The molecule has 0 aromatic carbocycles. The Labute approximate surface area is 168 Å². The Morgan fingerprint density at radius 3 is 2.50 bits per heavy atom. The van der Waals surface area contributed by atoms with Crippen molar-refractivity contribution in [1.29, 1.82) is 0 Å². The van der Waals surface area contributed by atoms with Gasteiger partial charge in [-0.3, -0.25) is 19.3 Å². The maximum absolute atomic E-state index is 12.5. The third-order valence-corrected chi connectivity index (χ3v) is 4.62. The van der Waals surface area contributed by atoms with Crippen LogP contribution in [0, 0.1) is 0 Å². The fourth-order valence-corrected chi connectivity index (χ4v) is 3.24. The molecule has 1 amide bonds. The first-order chi connectivity index (χ1) is 12.9. The zero-order valence-corrected chi connectivity index (χ0v) is 17.6. The molecule has 0 bridgehead atoms. The number of rotatable bonds is 7. The van der Waals surface area contributed by atoms with E-state index in [4.69, 9.17) is 4.74 Å². The van der Waals surface area contributed by atoms with Gasteiger partial charge in [0.25, 0.3) is 10.1 Å². The monoisotopic (exact) mass is 426 g/mol. The van der Waals surface area contributed by atoms with E-state index in [-0.39, 0.29) is 24.5 Å². The lowest BCUT2D eigenvalue weighted by Crippen LogP contribution is -2.27. The van der Waals surface area contributed by atoms with Crippen LogP contribution in [0.4, 0.5) is 10.5 Å². The van der Waals surface area contributed by atoms with Crippen molar-refractivity contribution in [3.05, 3.63) is 45.9 Å². The van der Waals surface area contributed by atoms with Gasteiger partial charge in [0.05, 0.1) is 18.6 Å². The lowest BCUT2D eigenvalue weighted by Gasteiger charge is -2.19. The van der Waals surface area contributed by atoms with Gasteiger partial charge in [0.2, 0.25) is 0 Å². The minimum absolute atomic E-state index is 0.0564. The van der Waals surface area contributed by atoms with Crippen LogP contribution in [0.2, 0.25) is 0 Å². The van der Waals surface area contributed by atoms with Gasteiger partial charge < -0.3 is 4.74 Å². The van der Waals surface area contributed by atoms with Gasteiger partial charge in [-0.2, -0.15) is 8.42 Å². The van der Waals surface area contributed by atoms with Gasteiger partial charge in [-0.05, 0) is 43.3 Å². The Morgan fingerprint density at radius 1 is 1.21 bits per heavy atom. The normalized spacial score (nSPS) is 11.9. The molecular weight excluding hydrogens is 404 g/mol. The van der Waals surface area contributed by atoms with Gasteiger partial charge in [-0.25, -0.2) is 4.79 Å². The highest BCUT2D eigenvalue weighted by Crippen LogP contribution is 2.23. The van der Waals surface area contributed by atoms with Crippen molar-refractivity contribution in [2.24, 2.45) is 0 Å². The number of nitrogens with one attached hydrogen (secondary N) is 1. The number of carbonyl (C=O) groups is 2. The van der Waals surface area contributed by atoms with Crippen molar-refractivity contribution in [2.45, 2.75) is 39.4 Å². The highest BCUT2D eigenvalue weighted by atomic mass is 32.2. The maximum atomic E-state index is 12.5. The zero-order valence-electron chi connectivity index (χ0n) is 16.0. The van der Waals surface area contributed by atoms with E-state index in [1.807, 2.05) is 0 Å². The number of ether oxygens (including phenoxy) is 1. The Kier molecular flexibility index (Phi) is 6.91.